The van der Waals surface area contributed by atoms with Crippen molar-refractivity contribution in [2.75, 3.05) is 0 Å². The number of carbonyl (C=O) groups excluding carboxylic acids is 1. The molecule has 0 aliphatic carbocycles. The number of urea groups is 1. The number of aromatic nitrogens is 2. The molecule has 0 atom stereocenters. The molecule has 0 saturated heterocycles. The van der Waals surface area contributed by atoms with Crippen molar-refractivity contribution in [3.8, 4) is 0 Å². The van der Waals surface area contributed by atoms with Crippen LogP contribution in [-0.2, 0) is 13.1 Å². The van der Waals surface area contributed by atoms with Gasteiger partial charge in [0.1, 0.15) is 11.6 Å². The van der Waals surface area contributed by atoms with Gasteiger partial charge in [-0.3, -0.25) is 0 Å². The summed E-state index contributed by atoms with van der Waals surface area (Å²) in [5.74, 6) is 0.428. The average Bonchev–Trinajstić information content (AvgIpc) is 2.92. The molecule has 1 aromatic carbocycles. The summed E-state index contributed by atoms with van der Waals surface area (Å²) in [6.07, 6.45) is 0. The first kappa shape index (κ1) is 16.3. The van der Waals surface area contributed by atoms with Crippen molar-refractivity contribution in [1.82, 2.24) is 20.6 Å². The van der Waals surface area contributed by atoms with Gasteiger partial charge in [0.05, 0.1) is 18.8 Å². The Morgan fingerprint density at radius 3 is 2.71 bits per heavy atom. The number of carbonyl (C=O) groups is 1. The number of fused-ring (bicyclic) bond motifs is 1. The fraction of sp³-hybridized carbons (Fsp3) is 0.235. The number of nitrogens with one attached hydrogen (secondary N) is 2. The highest BCUT2D eigenvalue weighted by Crippen LogP contribution is 2.26. The van der Waals surface area contributed by atoms with Crippen LogP contribution in [0.25, 0.3) is 10.1 Å². The van der Waals surface area contributed by atoms with E-state index >= 15 is 0 Å². The average molecular weight is 344 g/mol. The van der Waals surface area contributed by atoms with Gasteiger partial charge in [-0.1, -0.05) is 0 Å². The smallest absolute Gasteiger partial charge is 0.315 e. The van der Waals surface area contributed by atoms with Crippen LogP contribution in [0.4, 0.5) is 9.18 Å². The summed E-state index contributed by atoms with van der Waals surface area (Å²) in [7, 11) is 0. The summed E-state index contributed by atoms with van der Waals surface area (Å²) >= 11 is 1.54. The molecule has 2 N–H and O–H groups in total. The van der Waals surface area contributed by atoms with Crippen LogP contribution in [0.15, 0.2) is 30.3 Å². The van der Waals surface area contributed by atoms with Gasteiger partial charge in [0.25, 0.3) is 0 Å². The third-order valence-corrected chi connectivity index (χ3v) is 4.52. The Balaban J connectivity index is 1.54. The van der Waals surface area contributed by atoms with Gasteiger partial charge < -0.3 is 10.6 Å². The number of amides is 2. The second-order valence-corrected chi connectivity index (χ2v) is 6.65. The van der Waals surface area contributed by atoms with Crippen LogP contribution in [-0.4, -0.2) is 16.0 Å². The summed E-state index contributed by atoms with van der Waals surface area (Å²) in [5.41, 5.74) is 1.64. The topological polar surface area (TPSA) is 66.9 Å². The van der Waals surface area contributed by atoms with E-state index in [9.17, 15) is 9.18 Å². The van der Waals surface area contributed by atoms with E-state index in [1.807, 2.05) is 26.0 Å². The predicted octanol–water partition coefficient (Wildman–Crippen LogP) is 3.45. The molecule has 0 radical (unpaired) electrons. The molecule has 124 valence electrons. The number of benzene rings is 1. The van der Waals surface area contributed by atoms with Crippen LogP contribution in [0.2, 0.25) is 0 Å². The molecule has 0 bridgehead atoms. The molecule has 0 spiro atoms. The number of hydrogen-bond acceptors (Lipinski definition) is 4. The molecule has 3 rings (SSSR count). The lowest BCUT2D eigenvalue weighted by Crippen LogP contribution is -2.34. The summed E-state index contributed by atoms with van der Waals surface area (Å²) in [6.45, 7) is 4.45. The quantitative estimate of drug-likeness (QED) is 0.762. The minimum Gasteiger partial charge on any atom is -0.333 e. The van der Waals surface area contributed by atoms with E-state index in [2.05, 4.69) is 20.6 Å². The van der Waals surface area contributed by atoms with E-state index in [1.54, 1.807) is 6.07 Å². The van der Waals surface area contributed by atoms with Crippen molar-refractivity contribution in [3.05, 3.63) is 58.2 Å². The van der Waals surface area contributed by atoms with Gasteiger partial charge in [0, 0.05) is 15.3 Å². The van der Waals surface area contributed by atoms with Gasteiger partial charge in [-0.15, -0.1) is 11.3 Å². The van der Waals surface area contributed by atoms with E-state index < -0.39 is 0 Å². The number of aryl methyl sites for hydroxylation is 2. The Kier molecular flexibility index (Phi) is 4.71. The minimum absolute atomic E-state index is 0.256. The Morgan fingerprint density at radius 2 is 1.92 bits per heavy atom. The fourth-order valence-corrected chi connectivity index (χ4v) is 3.43. The predicted molar refractivity (Wildman–Crippen MR) is 92.4 cm³/mol. The van der Waals surface area contributed by atoms with Gasteiger partial charge >= 0.3 is 6.03 Å². The fourth-order valence-electron chi connectivity index (χ4n) is 2.44. The summed E-state index contributed by atoms with van der Waals surface area (Å²) < 4.78 is 14.2. The van der Waals surface area contributed by atoms with Crippen LogP contribution >= 0.6 is 11.3 Å². The van der Waals surface area contributed by atoms with E-state index in [-0.39, 0.29) is 11.8 Å². The van der Waals surface area contributed by atoms with Gasteiger partial charge in [-0.25, -0.2) is 19.2 Å². The van der Waals surface area contributed by atoms with Crippen molar-refractivity contribution >= 4 is 27.5 Å². The summed E-state index contributed by atoms with van der Waals surface area (Å²) in [5, 5.41) is 6.42. The minimum atomic E-state index is -0.271. The third-order valence-electron chi connectivity index (χ3n) is 3.40. The van der Waals surface area contributed by atoms with Crippen molar-refractivity contribution in [2.45, 2.75) is 26.9 Å². The molecule has 24 heavy (non-hydrogen) atoms. The maximum atomic E-state index is 13.2. The highest BCUT2D eigenvalue weighted by atomic mass is 32.1. The van der Waals surface area contributed by atoms with Crippen molar-refractivity contribution in [3.63, 3.8) is 0 Å². The molecule has 5 nitrogen and oxygen atoms in total. The Bertz CT molecular complexity index is 873. The van der Waals surface area contributed by atoms with E-state index in [0.29, 0.717) is 18.9 Å². The highest BCUT2D eigenvalue weighted by molar-refractivity contribution is 7.19. The lowest BCUT2D eigenvalue weighted by molar-refractivity contribution is 0.240. The monoisotopic (exact) mass is 344 g/mol. The van der Waals surface area contributed by atoms with Gasteiger partial charge in [0.15, 0.2) is 0 Å². The number of halogens is 1. The molecule has 0 fully saturated rings. The Hall–Kier alpha value is -2.54. The van der Waals surface area contributed by atoms with Gasteiger partial charge in [0.2, 0.25) is 0 Å². The molecule has 2 heterocycles. The summed E-state index contributed by atoms with van der Waals surface area (Å²) in [6, 6.07) is 8.14. The molecule has 2 aromatic heterocycles. The zero-order valence-electron chi connectivity index (χ0n) is 13.4. The van der Waals surface area contributed by atoms with E-state index in [1.165, 1.54) is 23.5 Å². The molecule has 7 heteroatoms. The SMILES string of the molecule is Cc1cc(CNC(=O)NCc2cc3cc(F)ccc3s2)nc(C)n1. The standard InChI is InChI=1S/C17H17FN4OS/c1-10-5-14(22-11(2)21-10)8-19-17(23)20-9-15-7-12-6-13(18)3-4-16(12)24-15/h3-7H,8-9H2,1-2H3,(H2,19,20,23). The van der Waals surface area contributed by atoms with Crippen molar-refractivity contribution < 1.29 is 9.18 Å². The maximum absolute atomic E-state index is 13.2. The molecular weight excluding hydrogens is 327 g/mol. The first-order valence-corrected chi connectivity index (χ1v) is 8.32. The van der Waals surface area contributed by atoms with Crippen LogP contribution in [0.5, 0.6) is 0 Å². The van der Waals surface area contributed by atoms with Crippen LogP contribution < -0.4 is 10.6 Å². The van der Waals surface area contributed by atoms with Gasteiger partial charge in [-0.05, 0) is 49.6 Å². The zero-order valence-corrected chi connectivity index (χ0v) is 14.2. The van der Waals surface area contributed by atoms with Crippen LogP contribution in [0.3, 0.4) is 0 Å². The molecule has 0 saturated carbocycles. The molecular formula is C17H17FN4OS. The molecule has 0 aliphatic rings. The second-order valence-electron chi connectivity index (χ2n) is 5.48. The summed E-state index contributed by atoms with van der Waals surface area (Å²) in [4.78, 5) is 21.4. The Morgan fingerprint density at radius 1 is 1.12 bits per heavy atom. The van der Waals surface area contributed by atoms with E-state index in [0.717, 1.165) is 26.4 Å². The normalized spacial score (nSPS) is 10.8. The van der Waals surface area contributed by atoms with Crippen molar-refractivity contribution in [1.29, 1.82) is 0 Å². The highest BCUT2D eigenvalue weighted by Gasteiger charge is 2.06. The molecule has 3 aromatic rings. The lowest BCUT2D eigenvalue weighted by atomic mass is 10.2. The lowest BCUT2D eigenvalue weighted by Gasteiger charge is -2.07. The van der Waals surface area contributed by atoms with Gasteiger partial charge in [-0.2, -0.15) is 0 Å². The first-order valence-electron chi connectivity index (χ1n) is 7.50. The number of nitrogens with zero attached hydrogens (tertiary/aromatic N) is 2. The third kappa shape index (κ3) is 4.05. The van der Waals surface area contributed by atoms with Crippen LogP contribution in [0, 0.1) is 19.7 Å². The second kappa shape index (κ2) is 6.92. The molecule has 2 amide bonds. The first-order chi connectivity index (χ1) is 11.5. The molecule has 0 unspecified atom stereocenters. The maximum Gasteiger partial charge on any atom is 0.315 e. The largest absolute Gasteiger partial charge is 0.333 e. The number of rotatable bonds is 4. The Labute approximate surface area is 143 Å². The number of hydrogen-bond donors (Lipinski definition) is 2. The van der Waals surface area contributed by atoms with E-state index in [4.69, 9.17) is 0 Å². The van der Waals surface area contributed by atoms with Crippen molar-refractivity contribution in [2.24, 2.45) is 0 Å². The number of thiophene rings is 1. The molecule has 0 aliphatic heterocycles. The van der Waals surface area contributed by atoms with Crippen LogP contribution in [0.1, 0.15) is 22.1 Å². The zero-order chi connectivity index (χ0) is 17.1.